The Bertz CT molecular complexity index is 365. The Balaban J connectivity index is 2.65. The monoisotopic (exact) mass is 222 g/mol. The van der Waals surface area contributed by atoms with Gasteiger partial charge in [-0.25, -0.2) is 4.79 Å². The third-order valence-corrected chi connectivity index (χ3v) is 2.10. The lowest BCUT2D eigenvalue weighted by Crippen LogP contribution is -2.40. The Morgan fingerprint density at radius 2 is 2.31 bits per heavy atom. The van der Waals surface area contributed by atoms with Crippen LogP contribution in [0.4, 0.5) is 0 Å². The van der Waals surface area contributed by atoms with Crippen LogP contribution in [0.1, 0.15) is 30.1 Å². The molecule has 0 spiro atoms. The van der Waals surface area contributed by atoms with Crippen LogP contribution in [-0.2, 0) is 4.79 Å². The maximum Gasteiger partial charge on any atom is 0.326 e. The van der Waals surface area contributed by atoms with Crippen molar-refractivity contribution in [2.45, 2.75) is 25.8 Å². The second-order valence-electron chi connectivity index (χ2n) is 3.39. The highest BCUT2D eigenvalue weighted by atomic mass is 16.4. The Hall–Kier alpha value is -1.91. The normalized spacial score (nSPS) is 11.8. The zero-order valence-electron chi connectivity index (χ0n) is 9.01. The SMILES string of the molecule is CCC[C@H](NC(=O)c1cccnc1)C(=O)O. The predicted octanol–water partition coefficient (Wildman–Crippen LogP) is 1.06. The van der Waals surface area contributed by atoms with Gasteiger partial charge in [-0.2, -0.15) is 0 Å². The van der Waals surface area contributed by atoms with E-state index in [1.54, 1.807) is 18.3 Å². The molecule has 0 unspecified atom stereocenters. The molecule has 0 fully saturated rings. The number of nitrogens with zero attached hydrogens (tertiary/aromatic N) is 1. The van der Waals surface area contributed by atoms with Gasteiger partial charge in [-0.3, -0.25) is 9.78 Å². The summed E-state index contributed by atoms with van der Waals surface area (Å²) in [5.41, 5.74) is 0.366. The molecule has 0 radical (unpaired) electrons. The number of carboxylic acids is 1. The minimum absolute atomic E-state index is 0.366. The molecule has 1 atom stereocenters. The molecule has 5 heteroatoms. The van der Waals surface area contributed by atoms with E-state index < -0.39 is 17.9 Å². The molecular weight excluding hydrogens is 208 g/mol. The summed E-state index contributed by atoms with van der Waals surface area (Å²) in [6.07, 6.45) is 4.07. The van der Waals surface area contributed by atoms with Crippen molar-refractivity contribution in [3.8, 4) is 0 Å². The van der Waals surface area contributed by atoms with Crippen LogP contribution in [0.2, 0.25) is 0 Å². The van der Waals surface area contributed by atoms with E-state index in [9.17, 15) is 9.59 Å². The minimum Gasteiger partial charge on any atom is -0.480 e. The molecule has 16 heavy (non-hydrogen) atoms. The van der Waals surface area contributed by atoms with Gasteiger partial charge in [0.05, 0.1) is 5.56 Å². The first-order valence-corrected chi connectivity index (χ1v) is 5.08. The van der Waals surface area contributed by atoms with Crippen LogP contribution in [-0.4, -0.2) is 28.0 Å². The topological polar surface area (TPSA) is 79.3 Å². The zero-order chi connectivity index (χ0) is 12.0. The van der Waals surface area contributed by atoms with Crippen LogP contribution in [0.15, 0.2) is 24.5 Å². The van der Waals surface area contributed by atoms with E-state index in [4.69, 9.17) is 5.11 Å². The maximum atomic E-state index is 11.6. The highest BCUT2D eigenvalue weighted by Crippen LogP contribution is 2.01. The largest absolute Gasteiger partial charge is 0.480 e. The van der Waals surface area contributed by atoms with Crippen LogP contribution in [0.25, 0.3) is 0 Å². The van der Waals surface area contributed by atoms with E-state index in [0.29, 0.717) is 18.4 Å². The lowest BCUT2D eigenvalue weighted by atomic mass is 10.1. The van der Waals surface area contributed by atoms with Crippen LogP contribution in [0, 0.1) is 0 Å². The van der Waals surface area contributed by atoms with Gasteiger partial charge in [0, 0.05) is 12.4 Å². The van der Waals surface area contributed by atoms with E-state index in [1.165, 1.54) is 6.20 Å². The van der Waals surface area contributed by atoms with E-state index in [1.807, 2.05) is 6.92 Å². The number of rotatable bonds is 5. The van der Waals surface area contributed by atoms with Crippen molar-refractivity contribution in [1.82, 2.24) is 10.3 Å². The molecule has 1 rings (SSSR count). The van der Waals surface area contributed by atoms with Gasteiger partial charge in [-0.05, 0) is 18.6 Å². The van der Waals surface area contributed by atoms with Crippen LogP contribution < -0.4 is 5.32 Å². The van der Waals surface area contributed by atoms with Gasteiger partial charge in [0.25, 0.3) is 5.91 Å². The second kappa shape index (κ2) is 5.85. The Kier molecular flexibility index (Phi) is 4.44. The quantitative estimate of drug-likeness (QED) is 0.780. The molecule has 0 saturated heterocycles. The summed E-state index contributed by atoms with van der Waals surface area (Å²) in [4.78, 5) is 26.2. The van der Waals surface area contributed by atoms with Gasteiger partial charge >= 0.3 is 5.97 Å². The summed E-state index contributed by atoms with van der Waals surface area (Å²) in [6.45, 7) is 1.87. The molecule has 0 aliphatic heterocycles. The van der Waals surface area contributed by atoms with Crippen molar-refractivity contribution in [1.29, 1.82) is 0 Å². The number of nitrogens with one attached hydrogen (secondary N) is 1. The van der Waals surface area contributed by atoms with E-state index in [-0.39, 0.29) is 0 Å². The number of carbonyl (C=O) groups is 2. The number of amides is 1. The Morgan fingerprint density at radius 1 is 1.56 bits per heavy atom. The fourth-order valence-electron chi connectivity index (χ4n) is 1.28. The zero-order valence-corrected chi connectivity index (χ0v) is 9.01. The number of hydrogen-bond donors (Lipinski definition) is 2. The number of hydrogen-bond acceptors (Lipinski definition) is 3. The molecule has 1 aromatic heterocycles. The summed E-state index contributed by atoms with van der Waals surface area (Å²) >= 11 is 0. The smallest absolute Gasteiger partial charge is 0.326 e. The lowest BCUT2D eigenvalue weighted by Gasteiger charge is -2.13. The van der Waals surface area contributed by atoms with Crippen molar-refractivity contribution in [3.63, 3.8) is 0 Å². The highest BCUT2D eigenvalue weighted by Gasteiger charge is 2.19. The third-order valence-electron chi connectivity index (χ3n) is 2.10. The van der Waals surface area contributed by atoms with Gasteiger partial charge in [0.2, 0.25) is 0 Å². The molecule has 0 aliphatic carbocycles. The molecule has 0 aromatic carbocycles. The highest BCUT2D eigenvalue weighted by molar-refractivity contribution is 5.96. The summed E-state index contributed by atoms with van der Waals surface area (Å²) in [5, 5.41) is 11.3. The van der Waals surface area contributed by atoms with Crippen molar-refractivity contribution in [2.75, 3.05) is 0 Å². The summed E-state index contributed by atoms with van der Waals surface area (Å²) in [7, 11) is 0. The van der Waals surface area contributed by atoms with Gasteiger partial charge in [-0.15, -0.1) is 0 Å². The van der Waals surface area contributed by atoms with Crippen molar-refractivity contribution in [3.05, 3.63) is 30.1 Å². The first-order valence-electron chi connectivity index (χ1n) is 5.08. The van der Waals surface area contributed by atoms with Crippen molar-refractivity contribution >= 4 is 11.9 Å². The van der Waals surface area contributed by atoms with Crippen molar-refractivity contribution < 1.29 is 14.7 Å². The number of aliphatic carboxylic acids is 1. The second-order valence-corrected chi connectivity index (χ2v) is 3.39. The fourth-order valence-corrected chi connectivity index (χ4v) is 1.28. The molecule has 1 aromatic rings. The van der Waals surface area contributed by atoms with E-state index in [2.05, 4.69) is 10.3 Å². The molecule has 1 amide bonds. The van der Waals surface area contributed by atoms with E-state index in [0.717, 1.165) is 0 Å². The van der Waals surface area contributed by atoms with Crippen LogP contribution >= 0.6 is 0 Å². The average molecular weight is 222 g/mol. The molecule has 1 heterocycles. The number of carbonyl (C=O) groups excluding carboxylic acids is 1. The minimum atomic E-state index is -1.01. The van der Waals surface area contributed by atoms with Crippen molar-refractivity contribution in [2.24, 2.45) is 0 Å². The molecule has 0 saturated carbocycles. The standard InChI is InChI=1S/C11H14N2O3/c1-2-4-9(11(15)16)13-10(14)8-5-3-6-12-7-8/h3,5-7,9H,2,4H2,1H3,(H,13,14)(H,15,16)/t9-/m0/s1. The Morgan fingerprint density at radius 3 is 2.81 bits per heavy atom. The number of aromatic nitrogens is 1. The first-order chi connectivity index (χ1) is 7.65. The van der Waals surface area contributed by atoms with Gasteiger partial charge in [0.1, 0.15) is 6.04 Å². The molecule has 2 N–H and O–H groups in total. The molecule has 0 bridgehead atoms. The Labute approximate surface area is 93.5 Å². The molecule has 0 aliphatic rings. The summed E-state index contributed by atoms with van der Waals surface area (Å²) < 4.78 is 0. The third kappa shape index (κ3) is 3.34. The number of carboxylic acid groups (broad SMARTS) is 1. The molecular formula is C11H14N2O3. The molecule has 5 nitrogen and oxygen atoms in total. The van der Waals surface area contributed by atoms with Gasteiger partial charge < -0.3 is 10.4 Å². The average Bonchev–Trinajstić information content (AvgIpc) is 2.29. The maximum absolute atomic E-state index is 11.6. The van der Waals surface area contributed by atoms with E-state index >= 15 is 0 Å². The number of pyridine rings is 1. The summed E-state index contributed by atoms with van der Waals surface area (Å²) in [6, 6.07) is 2.38. The first kappa shape index (κ1) is 12.2. The fraction of sp³-hybridized carbons (Fsp3) is 0.364. The summed E-state index contributed by atoms with van der Waals surface area (Å²) in [5.74, 6) is -1.42. The van der Waals surface area contributed by atoms with Gasteiger partial charge in [-0.1, -0.05) is 13.3 Å². The predicted molar refractivity (Wildman–Crippen MR) is 58.0 cm³/mol. The molecule has 86 valence electrons. The van der Waals surface area contributed by atoms with Crippen LogP contribution in [0.5, 0.6) is 0 Å². The van der Waals surface area contributed by atoms with Crippen LogP contribution in [0.3, 0.4) is 0 Å². The van der Waals surface area contributed by atoms with Gasteiger partial charge in [0.15, 0.2) is 0 Å². The lowest BCUT2D eigenvalue weighted by molar-refractivity contribution is -0.139.